The molecule has 10 heteroatoms. The van der Waals surface area contributed by atoms with Gasteiger partial charge in [-0.05, 0) is 56.3 Å². The normalized spacial score (nSPS) is 12.6. The zero-order chi connectivity index (χ0) is 24.0. The van der Waals surface area contributed by atoms with E-state index < -0.39 is 17.2 Å². The number of hydrogen-bond donors (Lipinski definition) is 1. The maximum absolute atomic E-state index is 13.3. The van der Waals surface area contributed by atoms with Gasteiger partial charge in [0.2, 0.25) is 5.91 Å². The molecule has 1 heterocycles. The average Bonchev–Trinajstić information content (AvgIpc) is 3.19. The Morgan fingerprint density at radius 2 is 1.94 bits per heavy atom. The number of thioether (sulfide) groups is 1. The van der Waals surface area contributed by atoms with Crippen molar-refractivity contribution in [3.63, 3.8) is 0 Å². The molecule has 0 radical (unpaired) electrons. The minimum Gasteiger partial charge on any atom is -0.497 e. The maximum atomic E-state index is 13.3. The van der Waals surface area contributed by atoms with Crippen molar-refractivity contribution in [2.75, 3.05) is 12.4 Å². The maximum Gasteiger partial charge on any atom is 0.237 e. The molecular weight excluding hydrogens is 467 g/mol. The molecule has 0 saturated carbocycles. The summed E-state index contributed by atoms with van der Waals surface area (Å²) in [5.74, 6) is 1.18. The third-order valence-corrected chi connectivity index (χ3v) is 6.00. The first kappa shape index (κ1) is 24.6. The zero-order valence-corrected chi connectivity index (χ0v) is 20.0. The zero-order valence-electron chi connectivity index (χ0n) is 18.4. The fourth-order valence-corrected chi connectivity index (χ4v) is 3.98. The number of rotatable bonds is 10. The molecule has 174 valence electrons. The fraction of sp³-hybridized carbons (Fsp3) is 0.261. The van der Waals surface area contributed by atoms with Gasteiger partial charge in [-0.2, -0.15) is 0 Å². The van der Waals surface area contributed by atoms with Gasteiger partial charge in [0.05, 0.1) is 17.4 Å². The fourth-order valence-electron chi connectivity index (χ4n) is 2.93. The summed E-state index contributed by atoms with van der Waals surface area (Å²) in [6.07, 6.45) is 1.33. The van der Waals surface area contributed by atoms with E-state index >= 15 is 0 Å². The summed E-state index contributed by atoms with van der Waals surface area (Å²) >= 11 is 7.03. The summed E-state index contributed by atoms with van der Waals surface area (Å²) in [4.78, 5) is 12.6. The van der Waals surface area contributed by atoms with E-state index in [1.54, 1.807) is 20.1 Å². The molecule has 33 heavy (non-hydrogen) atoms. The number of amides is 1. The molecule has 3 aromatic rings. The number of anilines is 1. The Morgan fingerprint density at radius 1 is 1.24 bits per heavy atom. The lowest BCUT2D eigenvalue weighted by molar-refractivity contribution is -0.115. The van der Waals surface area contributed by atoms with E-state index in [4.69, 9.17) is 21.1 Å². The van der Waals surface area contributed by atoms with Crippen molar-refractivity contribution in [1.29, 1.82) is 0 Å². The van der Waals surface area contributed by atoms with Crippen molar-refractivity contribution < 1.29 is 18.7 Å². The lowest BCUT2D eigenvalue weighted by atomic mass is 10.3. The molecule has 0 spiro atoms. The first-order valence-corrected chi connectivity index (χ1v) is 11.4. The minimum atomic E-state index is -0.548. The summed E-state index contributed by atoms with van der Waals surface area (Å²) in [6.45, 7) is 7.87. The van der Waals surface area contributed by atoms with Crippen molar-refractivity contribution in [1.82, 2.24) is 14.8 Å². The summed E-state index contributed by atoms with van der Waals surface area (Å²) in [5, 5.41) is 11.3. The van der Waals surface area contributed by atoms with Crippen LogP contribution in [0.2, 0.25) is 5.02 Å². The number of carbonyl (C=O) groups is 1. The van der Waals surface area contributed by atoms with E-state index in [1.165, 1.54) is 30.0 Å². The number of nitrogens with zero attached hydrogens (tertiary/aromatic N) is 3. The molecule has 7 nitrogen and oxygen atoms in total. The highest BCUT2D eigenvalue weighted by Gasteiger charge is 2.23. The van der Waals surface area contributed by atoms with Gasteiger partial charge in [0.15, 0.2) is 17.1 Å². The second kappa shape index (κ2) is 11.2. The number of ether oxygens (including phenoxy) is 2. The molecule has 1 amide bonds. The van der Waals surface area contributed by atoms with Crippen LogP contribution in [0.25, 0.3) is 0 Å². The van der Waals surface area contributed by atoms with Crippen molar-refractivity contribution >= 4 is 35.0 Å². The van der Waals surface area contributed by atoms with Crippen LogP contribution < -0.4 is 14.8 Å². The number of carbonyl (C=O) groups excluding carboxylic acids is 1. The van der Waals surface area contributed by atoms with Gasteiger partial charge < -0.3 is 14.8 Å². The predicted octanol–water partition coefficient (Wildman–Crippen LogP) is 5.52. The predicted molar refractivity (Wildman–Crippen MR) is 128 cm³/mol. The minimum absolute atomic E-state index is 0.0608. The first-order valence-electron chi connectivity index (χ1n) is 10.1. The SMILES string of the molecule is C=CCn1c(SC(C)C(=O)Nc2ccc(F)c(Cl)c2)nnc1C(C)Oc1ccc(OC)cc1. The Morgan fingerprint density at radius 3 is 2.58 bits per heavy atom. The summed E-state index contributed by atoms with van der Waals surface area (Å²) in [7, 11) is 1.60. The van der Waals surface area contributed by atoms with E-state index in [9.17, 15) is 9.18 Å². The molecule has 2 unspecified atom stereocenters. The largest absolute Gasteiger partial charge is 0.497 e. The van der Waals surface area contributed by atoms with Gasteiger partial charge in [-0.15, -0.1) is 16.8 Å². The molecule has 0 fully saturated rings. The number of aromatic nitrogens is 3. The molecule has 0 aliphatic heterocycles. The van der Waals surface area contributed by atoms with Crippen LogP contribution in [0.3, 0.4) is 0 Å². The lowest BCUT2D eigenvalue weighted by Crippen LogP contribution is -2.23. The Bertz CT molecular complexity index is 1120. The van der Waals surface area contributed by atoms with Crippen LogP contribution in [0.4, 0.5) is 10.1 Å². The van der Waals surface area contributed by atoms with Crippen LogP contribution in [-0.2, 0) is 11.3 Å². The summed E-state index contributed by atoms with van der Waals surface area (Å²) in [5.41, 5.74) is 0.411. The highest BCUT2D eigenvalue weighted by atomic mass is 35.5. The topological polar surface area (TPSA) is 78.3 Å². The highest BCUT2D eigenvalue weighted by Crippen LogP contribution is 2.28. The van der Waals surface area contributed by atoms with Crippen LogP contribution in [0.1, 0.15) is 25.8 Å². The van der Waals surface area contributed by atoms with Crippen molar-refractivity contribution in [3.05, 3.63) is 71.8 Å². The van der Waals surface area contributed by atoms with Gasteiger partial charge in [0.25, 0.3) is 0 Å². The van der Waals surface area contributed by atoms with Crippen molar-refractivity contribution in [3.8, 4) is 11.5 Å². The third-order valence-electron chi connectivity index (χ3n) is 4.63. The van der Waals surface area contributed by atoms with Crippen LogP contribution in [0.5, 0.6) is 11.5 Å². The Labute approximate surface area is 200 Å². The third kappa shape index (κ3) is 6.27. The van der Waals surface area contributed by atoms with Gasteiger partial charge in [-0.1, -0.05) is 29.4 Å². The molecule has 2 aromatic carbocycles. The average molecular weight is 491 g/mol. The monoisotopic (exact) mass is 490 g/mol. The van der Waals surface area contributed by atoms with Gasteiger partial charge in [0, 0.05) is 12.2 Å². The molecule has 0 aliphatic carbocycles. The van der Waals surface area contributed by atoms with Crippen LogP contribution in [0, 0.1) is 5.82 Å². The second-order valence-corrected chi connectivity index (χ2v) is 8.77. The van der Waals surface area contributed by atoms with Gasteiger partial charge in [-0.25, -0.2) is 4.39 Å². The standard InChI is InChI=1S/C23H24ClFN4O3S/c1-5-12-29-21(14(2)32-18-9-7-17(31-4)8-10-18)27-28-23(29)33-15(3)22(30)26-16-6-11-20(25)19(24)13-16/h5-11,13-15H,1,12H2,2-4H3,(H,26,30). The van der Waals surface area contributed by atoms with E-state index in [-0.39, 0.29) is 10.9 Å². The first-order chi connectivity index (χ1) is 15.8. The van der Waals surface area contributed by atoms with E-state index in [1.807, 2.05) is 35.8 Å². The van der Waals surface area contributed by atoms with E-state index in [2.05, 4.69) is 22.1 Å². The van der Waals surface area contributed by atoms with Gasteiger partial charge >= 0.3 is 0 Å². The van der Waals surface area contributed by atoms with E-state index in [0.717, 1.165) is 5.75 Å². The number of methoxy groups -OCH3 is 1. The Hall–Kier alpha value is -3.04. The smallest absolute Gasteiger partial charge is 0.237 e. The summed E-state index contributed by atoms with van der Waals surface area (Å²) in [6, 6.07) is 11.3. The van der Waals surface area contributed by atoms with E-state index in [0.29, 0.717) is 29.0 Å². The molecule has 0 aliphatic rings. The number of hydrogen-bond acceptors (Lipinski definition) is 6. The quantitative estimate of drug-likeness (QED) is 0.297. The van der Waals surface area contributed by atoms with Gasteiger partial charge in [-0.3, -0.25) is 9.36 Å². The van der Waals surface area contributed by atoms with Crippen LogP contribution in [-0.4, -0.2) is 33.0 Å². The number of halogens is 2. The number of allylic oxidation sites excluding steroid dienone is 1. The van der Waals surface area contributed by atoms with Crippen LogP contribution in [0.15, 0.2) is 60.3 Å². The summed E-state index contributed by atoms with van der Waals surface area (Å²) < 4.78 is 26.4. The number of benzene rings is 2. The molecule has 2 atom stereocenters. The van der Waals surface area contributed by atoms with Crippen molar-refractivity contribution in [2.24, 2.45) is 0 Å². The lowest BCUT2D eigenvalue weighted by Gasteiger charge is -2.17. The van der Waals surface area contributed by atoms with Crippen molar-refractivity contribution in [2.45, 2.75) is 36.9 Å². The van der Waals surface area contributed by atoms with Gasteiger partial charge in [0.1, 0.15) is 17.3 Å². The molecule has 0 bridgehead atoms. The molecular formula is C23H24ClFN4O3S. The molecule has 1 N–H and O–H groups in total. The number of nitrogens with one attached hydrogen (secondary N) is 1. The van der Waals surface area contributed by atoms with Crippen LogP contribution >= 0.6 is 23.4 Å². The molecule has 3 rings (SSSR count). The Kier molecular flexibility index (Phi) is 8.35. The Balaban J connectivity index is 1.71. The molecule has 0 saturated heterocycles. The highest BCUT2D eigenvalue weighted by molar-refractivity contribution is 8.00. The second-order valence-electron chi connectivity index (χ2n) is 7.05. The molecule has 1 aromatic heterocycles.